The van der Waals surface area contributed by atoms with Crippen LogP contribution in [0.25, 0.3) is 0 Å². The van der Waals surface area contributed by atoms with E-state index in [1.807, 2.05) is 0 Å². The van der Waals surface area contributed by atoms with Crippen LogP contribution in [-0.4, -0.2) is 32.4 Å². The molecule has 1 N–H and O–H groups in total. The fraction of sp³-hybridized carbons (Fsp3) is 0.571. The van der Waals surface area contributed by atoms with Crippen LogP contribution >= 0.6 is 0 Å². The molecule has 3 nitrogen and oxygen atoms in total. The van der Waals surface area contributed by atoms with Crippen LogP contribution in [0.4, 0.5) is 0 Å². The third kappa shape index (κ3) is 4.11. The molecule has 0 amide bonds. The normalized spacial score (nSPS) is 20.4. The summed E-state index contributed by atoms with van der Waals surface area (Å²) in [6.07, 6.45) is 1.29. The van der Waals surface area contributed by atoms with Crippen LogP contribution in [0.5, 0.6) is 0 Å². The van der Waals surface area contributed by atoms with Gasteiger partial charge < -0.3 is 14.8 Å². The van der Waals surface area contributed by atoms with Gasteiger partial charge in [-0.1, -0.05) is 31.2 Å². The minimum absolute atomic E-state index is 0.207. The molecule has 1 unspecified atom stereocenters. The van der Waals surface area contributed by atoms with Gasteiger partial charge in [-0.05, 0) is 17.5 Å². The maximum absolute atomic E-state index is 5.67. The van der Waals surface area contributed by atoms with E-state index < -0.39 is 0 Å². The van der Waals surface area contributed by atoms with Gasteiger partial charge in [-0.25, -0.2) is 0 Å². The van der Waals surface area contributed by atoms with Crippen LogP contribution in [0.15, 0.2) is 24.3 Å². The van der Waals surface area contributed by atoms with E-state index in [2.05, 4.69) is 36.5 Å². The molecule has 1 aliphatic heterocycles. The van der Waals surface area contributed by atoms with E-state index >= 15 is 0 Å². The Morgan fingerprint density at radius 1 is 1.29 bits per heavy atom. The molecule has 1 aromatic carbocycles. The molecule has 1 aromatic rings. The standard InChI is InChI=1S/C14H21NO2/c1-2-12-3-5-13(6-4-12)10-16-11-14-9-15-7-8-17-14/h3-6,14-15H,2,7-11H2,1H3. The van der Waals surface area contributed by atoms with Crippen LogP contribution in [-0.2, 0) is 22.5 Å². The summed E-state index contributed by atoms with van der Waals surface area (Å²) in [5, 5.41) is 3.29. The van der Waals surface area contributed by atoms with Crippen LogP contribution in [0, 0.1) is 0 Å². The van der Waals surface area contributed by atoms with E-state index in [1.54, 1.807) is 0 Å². The van der Waals surface area contributed by atoms with Gasteiger partial charge >= 0.3 is 0 Å². The lowest BCUT2D eigenvalue weighted by Crippen LogP contribution is -2.40. The molecule has 0 aromatic heterocycles. The third-order valence-electron chi connectivity index (χ3n) is 3.01. The molecule has 17 heavy (non-hydrogen) atoms. The predicted molar refractivity (Wildman–Crippen MR) is 68.1 cm³/mol. The van der Waals surface area contributed by atoms with Crippen molar-refractivity contribution >= 4 is 0 Å². The number of aryl methyl sites for hydroxylation is 1. The van der Waals surface area contributed by atoms with Gasteiger partial charge in [0.1, 0.15) is 0 Å². The Balaban J connectivity index is 1.69. The van der Waals surface area contributed by atoms with Crippen LogP contribution < -0.4 is 5.32 Å². The van der Waals surface area contributed by atoms with Gasteiger partial charge in [0, 0.05) is 13.1 Å². The molecule has 0 saturated carbocycles. The number of hydrogen-bond acceptors (Lipinski definition) is 3. The van der Waals surface area contributed by atoms with Gasteiger partial charge in [-0.2, -0.15) is 0 Å². The van der Waals surface area contributed by atoms with Gasteiger partial charge in [0.2, 0.25) is 0 Å². The quantitative estimate of drug-likeness (QED) is 0.843. The summed E-state index contributed by atoms with van der Waals surface area (Å²) in [6, 6.07) is 8.60. The second kappa shape index (κ2) is 6.74. The Labute approximate surface area is 103 Å². The van der Waals surface area contributed by atoms with Crippen molar-refractivity contribution in [1.29, 1.82) is 0 Å². The zero-order chi connectivity index (χ0) is 11.9. The second-order valence-corrected chi connectivity index (χ2v) is 4.38. The first kappa shape index (κ1) is 12.6. The average molecular weight is 235 g/mol. The number of rotatable bonds is 5. The van der Waals surface area contributed by atoms with E-state index in [-0.39, 0.29) is 6.10 Å². The Bertz CT molecular complexity index is 317. The molecule has 1 aliphatic rings. The number of benzene rings is 1. The van der Waals surface area contributed by atoms with Crippen molar-refractivity contribution in [2.45, 2.75) is 26.1 Å². The maximum Gasteiger partial charge on any atom is 0.0933 e. The van der Waals surface area contributed by atoms with Crippen molar-refractivity contribution in [3.63, 3.8) is 0 Å². The molecule has 2 rings (SSSR count). The number of morpholine rings is 1. The second-order valence-electron chi connectivity index (χ2n) is 4.38. The zero-order valence-corrected chi connectivity index (χ0v) is 10.4. The van der Waals surface area contributed by atoms with Gasteiger partial charge in [0.05, 0.1) is 25.9 Å². The van der Waals surface area contributed by atoms with E-state index in [0.29, 0.717) is 13.2 Å². The smallest absolute Gasteiger partial charge is 0.0933 e. The predicted octanol–water partition coefficient (Wildman–Crippen LogP) is 1.75. The van der Waals surface area contributed by atoms with E-state index in [1.165, 1.54) is 11.1 Å². The van der Waals surface area contributed by atoms with Crippen molar-refractivity contribution in [3.8, 4) is 0 Å². The summed E-state index contributed by atoms with van der Waals surface area (Å²) in [5.74, 6) is 0. The highest BCUT2D eigenvalue weighted by molar-refractivity contribution is 5.21. The fourth-order valence-electron chi connectivity index (χ4n) is 1.91. The van der Waals surface area contributed by atoms with E-state index in [9.17, 15) is 0 Å². The lowest BCUT2D eigenvalue weighted by Gasteiger charge is -2.23. The highest BCUT2D eigenvalue weighted by Crippen LogP contribution is 2.07. The Hall–Kier alpha value is -0.900. The monoisotopic (exact) mass is 235 g/mol. The highest BCUT2D eigenvalue weighted by Gasteiger charge is 2.12. The first-order valence-electron chi connectivity index (χ1n) is 6.36. The molecular formula is C14H21NO2. The van der Waals surface area contributed by atoms with Crippen LogP contribution in [0.1, 0.15) is 18.1 Å². The molecule has 0 radical (unpaired) electrons. The maximum atomic E-state index is 5.67. The number of nitrogens with one attached hydrogen (secondary N) is 1. The van der Waals surface area contributed by atoms with E-state index in [0.717, 1.165) is 26.1 Å². The molecule has 0 spiro atoms. The molecule has 0 aliphatic carbocycles. The molecule has 94 valence electrons. The molecular weight excluding hydrogens is 214 g/mol. The summed E-state index contributed by atoms with van der Waals surface area (Å²) in [7, 11) is 0. The van der Waals surface area contributed by atoms with Crippen molar-refractivity contribution in [3.05, 3.63) is 35.4 Å². The van der Waals surface area contributed by atoms with Crippen LogP contribution in [0.2, 0.25) is 0 Å². The Kier molecular flexibility index (Phi) is 4.98. The summed E-state index contributed by atoms with van der Waals surface area (Å²) >= 11 is 0. The number of ether oxygens (including phenoxy) is 2. The Morgan fingerprint density at radius 3 is 2.71 bits per heavy atom. The SMILES string of the molecule is CCc1ccc(COCC2CNCCO2)cc1. The molecule has 3 heteroatoms. The first-order valence-corrected chi connectivity index (χ1v) is 6.36. The van der Waals surface area contributed by atoms with Gasteiger partial charge in [-0.3, -0.25) is 0 Å². The van der Waals surface area contributed by atoms with Crippen molar-refractivity contribution in [1.82, 2.24) is 5.32 Å². The van der Waals surface area contributed by atoms with Crippen molar-refractivity contribution in [2.24, 2.45) is 0 Å². The first-order chi connectivity index (χ1) is 8.38. The lowest BCUT2D eigenvalue weighted by atomic mass is 10.1. The molecule has 1 fully saturated rings. The molecule has 0 bridgehead atoms. The van der Waals surface area contributed by atoms with E-state index in [4.69, 9.17) is 9.47 Å². The summed E-state index contributed by atoms with van der Waals surface area (Å²) in [4.78, 5) is 0. The summed E-state index contributed by atoms with van der Waals surface area (Å²) in [5.41, 5.74) is 2.60. The van der Waals surface area contributed by atoms with Gasteiger partial charge in [0.25, 0.3) is 0 Å². The number of hydrogen-bond donors (Lipinski definition) is 1. The molecule has 1 saturated heterocycles. The zero-order valence-electron chi connectivity index (χ0n) is 10.4. The van der Waals surface area contributed by atoms with Crippen molar-refractivity contribution in [2.75, 3.05) is 26.3 Å². The third-order valence-corrected chi connectivity index (χ3v) is 3.01. The van der Waals surface area contributed by atoms with Crippen molar-refractivity contribution < 1.29 is 9.47 Å². The molecule has 1 atom stereocenters. The highest BCUT2D eigenvalue weighted by atomic mass is 16.5. The minimum Gasteiger partial charge on any atom is -0.374 e. The average Bonchev–Trinajstić information content (AvgIpc) is 2.41. The van der Waals surface area contributed by atoms with Crippen LogP contribution in [0.3, 0.4) is 0 Å². The Morgan fingerprint density at radius 2 is 2.06 bits per heavy atom. The van der Waals surface area contributed by atoms with Gasteiger partial charge in [-0.15, -0.1) is 0 Å². The minimum atomic E-state index is 0.207. The largest absolute Gasteiger partial charge is 0.374 e. The lowest BCUT2D eigenvalue weighted by molar-refractivity contribution is -0.0357. The molecule has 1 heterocycles. The summed E-state index contributed by atoms with van der Waals surface area (Å²) < 4.78 is 11.2. The topological polar surface area (TPSA) is 30.5 Å². The van der Waals surface area contributed by atoms with Gasteiger partial charge in [0.15, 0.2) is 0 Å². The summed E-state index contributed by atoms with van der Waals surface area (Å²) in [6.45, 7) is 6.15. The fourth-order valence-corrected chi connectivity index (χ4v) is 1.91.